The molecular formula is C22H30N2O2. The zero-order valence-corrected chi connectivity index (χ0v) is 16.4. The van der Waals surface area contributed by atoms with Crippen LogP contribution in [-0.4, -0.2) is 16.8 Å². The predicted molar refractivity (Wildman–Crippen MR) is 105 cm³/mol. The zero-order valence-electron chi connectivity index (χ0n) is 16.4. The summed E-state index contributed by atoms with van der Waals surface area (Å²) >= 11 is 0. The van der Waals surface area contributed by atoms with Crippen LogP contribution in [0.5, 0.6) is 5.88 Å². The third kappa shape index (κ3) is 2.74. The van der Waals surface area contributed by atoms with E-state index in [2.05, 4.69) is 43.7 Å². The quantitative estimate of drug-likeness (QED) is 0.786. The number of rotatable bonds is 4. The van der Waals surface area contributed by atoms with Crippen molar-refractivity contribution in [3.05, 3.63) is 38.7 Å². The molecule has 0 radical (unpaired) electrons. The summed E-state index contributed by atoms with van der Waals surface area (Å²) in [6.45, 7) is 8.65. The van der Waals surface area contributed by atoms with Crippen molar-refractivity contribution in [2.75, 3.05) is 0 Å². The van der Waals surface area contributed by atoms with Gasteiger partial charge in [-0.25, -0.2) is 0 Å². The Morgan fingerprint density at radius 2 is 2.15 bits per heavy atom. The smallest absolute Gasteiger partial charge is 0.199 e. The Kier molecular flexibility index (Phi) is 4.32. The average molecular weight is 354 g/mol. The summed E-state index contributed by atoms with van der Waals surface area (Å²) in [5.41, 5.74) is 4.02. The van der Waals surface area contributed by atoms with Gasteiger partial charge < -0.3 is 9.72 Å². The molecular weight excluding hydrogens is 324 g/mol. The van der Waals surface area contributed by atoms with Crippen LogP contribution in [0.3, 0.4) is 0 Å². The van der Waals surface area contributed by atoms with Crippen molar-refractivity contribution in [1.29, 1.82) is 0 Å². The van der Waals surface area contributed by atoms with Gasteiger partial charge in [0.1, 0.15) is 5.60 Å². The largest absolute Gasteiger partial charge is 0.472 e. The summed E-state index contributed by atoms with van der Waals surface area (Å²) in [4.78, 5) is 21.8. The zero-order chi connectivity index (χ0) is 18.5. The highest BCUT2D eigenvalue weighted by molar-refractivity contribution is 5.61. The van der Waals surface area contributed by atoms with E-state index in [0.717, 1.165) is 55.3 Å². The number of unbranched alkanes of at least 4 members (excludes halogenated alkanes) is 1. The van der Waals surface area contributed by atoms with Crippen molar-refractivity contribution in [1.82, 2.24) is 4.98 Å². The molecule has 0 aromatic carbocycles. The first-order valence-corrected chi connectivity index (χ1v) is 10.1. The molecule has 1 aromatic rings. The summed E-state index contributed by atoms with van der Waals surface area (Å²) in [5, 5.41) is 0. The number of allylic oxidation sites excluding steroid dienone is 2. The minimum absolute atomic E-state index is 0.00997. The Morgan fingerprint density at radius 1 is 1.35 bits per heavy atom. The first-order valence-electron chi connectivity index (χ1n) is 10.1. The molecule has 0 bridgehead atoms. The Hall–Kier alpha value is -1.84. The van der Waals surface area contributed by atoms with Crippen LogP contribution in [0.25, 0.3) is 0 Å². The Labute approximate surface area is 155 Å². The minimum atomic E-state index is -0.274. The number of aromatic nitrogens is 1. The standard InChI is InChI=1S/C22H30N2O2/c1-5-6-8-17-19(16-9-7-10-23-16)20(25)18-14-11-13(2)12-15(14)22(3,4)26-21(18)24-17/h10-11,14-16H,5-9,12H2,1-4H3,(H,24,25). The normalized spacial score (nSPS) is 28.5. The van der Waals surface area contributed by atoms with Crippen LogP contribution >= 0.6 is 0 Å². The first kappa shape index (κ1) is 17.6. The van der Waals surface area contributed by atoms with Crippen LogP contribution in [0.2, 0.25) is 0 Å². The molecule has 1 aliphatic carbocycles. The van der Waals surface area contributed by atoms with Crippen molar-refractivity contribution in [2.45, 2.75) is 83.8 Å². The molecule has 1 aromatic heterocycles. The predicted octanol–water partition coefficient (Wildman–Crippen LogP) is 4.84. The third-order valence-electron chi connectivity index (χ3n) is 6.32. The molecule has 0 saturated heterocycles. The number of aliphatic imine (C=N–C) groups is 1. The lowest BCUT2D eigenvalue weighted by Gasteiger charge is -2.41. The van der Waals surface area contributed by atoms with Gasteiger partial charge in [0.25, 0.3) is 0 Å². The second kappa shape index (κ2) is 6.40. The molecule has 4 heteroatoms. The fraction of sp³-hybridized carbons (Fsp3) is 0.636. The van der Waals surface area contributed by atoms with Crippen LogP contribution in [-0.2, 0) is 6.42 Å². The second-order valence-corrected chi connectivity index (χ2v) is 8.67. The van der Waals surface area contributed by atoms with Gasteiger partial charge in [-0.3, -0.25) is 9.79 Å². The van der Waals surface area contributed by atoms with Crippen molar-refractivity contribution in [2.24, 2.45) is 10.9 Å². The second-order valence-electron chi connectivity index (χ2n) is 8.67. The van der Waals surface area contributed by atoms with Crippen LogP contribution in [0.1, 0.15) is 88.6 Å². The van der Waals surface area contributed by atoms with E-state index in [0.29, 0.717) is 11.8 Å². The van der Waals surface area contributed by atoms with Gasteiger partial charge in [0, 0.05) is 23.1 Å². The van der Waals surface area contributed by atoms with E-state index in [1.54, 1.807) is 0 Å². The number of H-pyrrole nitrogens is 1. The number of nitrogens with zero attached hydrogens (tertiary/aromatic N) is 1. The van der Waals surface area contributed by atoms with Gasteiger partial charge in [-0.05, 0) is 59.1 Å². The molecule has 1 N–H and O–H groups in total. The van der Waals surface area contributed by atoms with Gasteiger partial charge in [-0.1, -0.05) is 25.0 Å². The molecule has 3 aliphatic rings. The number of fused-ring (bicyclic) bond motifs is 3. The van der Waals surface area contributed by atoms with E-state index in [-0.39, 0.29) is 23.0 Å². The van der Waals surface area contributed by atoms with E-state index in [1.165, 1.54) is 5.57 Å². The number of nitrogens with one attached hydrogen (secondary N) is 1. The number of hydrogen-bond acceptors (Lipinski definition) is 3. The first-order chi connectivity index (χ1) is 12.4. The van der Waals surface area contributed by atoms with Crippen LogP contribution in [0.4, 0.5) is 0 Å². The maximum absolute atomic E-state index is 13.6. The van der Waals surface area contributed by atoms with Crippen LogP contribution in [0, 0.1) is 5.92 Å². The molecule has 0 amide bonds. The molecule has 0 spiro atoms. The summed E-state index contributed by atoms with van der Waals surface area (Å²) in [5.74, 6) is 1.18. The average Bonchev–Trinajstić information content (AvgIpc) is 3.22. The lowest BCUT2D eigenvalue weighted by atomic mass is 9.75. The van der Waals surface area contributed by atoms with Crippen molar-refractivity contribution >= 4 is 6.21 Å². The summed E-state index contributed by atoms with van der Waals surface area (Å²) < 4.78 is 6.37. The maximum Gasteiger partial charge on any atom is 0.199 e. The fourth-order valence-electron chi connectivity index (χ4n) is 4.94. The third-order valence-corrected chi connectivity index (χ3v) is 6.32. The highest BCUT2D eigenvalue weighted by atomic mass is 16.5. The van der Waals surface area contributed by atoms with E-state index in [4.69, 9.17) is 4.74 Å². The highest BCUT2D eigenvalue weighted by Crippen LogP contribution is 2.50. The number of aryl methyl sites for hydroxylation is 1. The molecule has 4 nitrogen and oxygen atoms in total. The Balaban J connectivity index is 1.89. The molecule has 3 unspecified atom stereocenters. The molecule has 2 aliphatic heterocycles. The van der Waals surface area contributed by atoms with Gasteiger partial charge in [0.05, 0.1) is 11.6 Å². The van der Waals surface area contributed by atoms with Crippen molar-refractivity contribution in [3.8, 4) is 5.88 Å². The van der Waals surface area contributed by atoms with Crippen molar-refractivity contribution < 1.29 is 4.74 Å². The van der Waals surface area contributed by atoms with Gasteiger partial charge >= 0.3 is 0 Å². The summed E-state index contributed by atoms with van der Waals surface area (Å²) in [6, 6.07) is 0.00997. The summed E-state index contributed by atoms with van der Waals surface area (Å²) in [7, 11) is 0. The number of pyridine rings is 1. The molecule has 3 heterocycles. The molecule has 0 fully saturated rings. The SMILES string of the molecule is CCCCc1[nH]c2c(c(=O)c1C1CCC=N1)C1C=C(C)CC1C(C)(C)O2. The number of hydrogen-bond donors (Lipinski definition) is 1. The molecule has 0 saturated carbocycles. The molecule has 26 heavy (non-hydrogen) atoms. The van der Waals surface area contributed by atoms with E-state index >= 15 is 0 Å². The Morgan fingerprint density at radius 3 is 2.85 bits per heavy atom. The van der Waals surface area contributed by atoms with Gasteiger partial charge in [-0.15, -0.1) is 0 Å². The number of aromatic amines is 1. The van der Waals surface area contributed by atoms with Gasteiger partial charge in [0.15, 0.2) is 11.3 Å². The molecule has 4 rings (SSSR count). The van der Waals surface area contributed by atoms with Gasteiger partial charge in [0.2, 0.25) is 0 Å². The lowest BCUT2D eigenvalue weighted by molar-refractivity contribution is 0.0176. The highest BCUT2D eigenvalue weighted by Gasteiger charge is 2.47. The van der Waals surface area contributed by atoms with Crippen LogP contribution < -0.4 is 10.2 Å². The fourth-order valence-corrected chi connectivity index (χ4v) is 4.94. The molecule has 3 atom stereocenters. The van der Waals surface area contributed by atoms with E-state index < -0.39 is 0 Å². The lowest BCUT2D eigenvalue weighted by Crippen LogP contribution is -2.45. The minimum Gasteiger partial charge on any atom is -0.472 e. The summed E-state index contributed by atoms with van der Waals surface area (Å²) in [6.07, 6.45) is 10.2. The topological polar surface area (TPSA) is 54.5 Å². The van der Waals surface area contributed by atoms with Gasteiger partial charge in [-0.2, -0.15) is 0 Å². The molecule has 140 valence electrons. The van der Waals surface area contributed by atoms with Crippen LogP contribution in [0.15, 0.2) is 21.4 Å². The monoisotopic (exact) mass is 354 g/mol. The maximum atomic E-state index is 13.6. The Bertz CT molecular complexity index is 831. The van der Waals surface area contributed by atoms with E-state index in [9.17, 15) is 4.79 Å². The number of ether oxygens (including phenoxy) is 1. The van der Waals surface area contributed by atoms with Crippen molar-refractivity contribution in [3.63, 3.8) is 0 Å². The van der Waals surface area contributed by atoms with E-state index in [1.807, 2.05) is 6.21 Å².